The van der Waals surface area contributed by atoms with Gasteiger partial charge in [0.25, 0.3) is 0 Å². The molecule has 0 atom stereocenters. The summed E-state index contributed by atoms with van der Waals surface area (Å²) in [6.45, 7) is 8.60. The summed E-state index contributed by atoms with van der Waals surface area (Å²) in [5.74, 6) is 0.294. The van der Waals surface area contributed by atoms with Crippen molar-refractivity contribution >= 4 is 27.4 Å². The van der Waals surface area contributed by atoms with Crippen molar-refractivity contribution in [3.8, 4) is 0 Å². The highest BCUT2D eigenvalue weighted by Crippen LogP contribution is 2.33. The summed E-state index contributed by atoms with van der Waals surface area (Å²) < 4.78 is 6.24. The Labute approximate surface area is 112 Å². The summed E-state index contributed by atoms with van der Waals surface area (Å²) >= 11 is 1.52. The molecule has 0 aliphatic heterocycles. The number of esters is 1. The van der Waals surface area contributed by atoms with E-state index in [0.717, 1.165) is 15.1 Å². The Morgan fingerprint density at radius 2 is 2.11 bits per heavy atom. The summed E-state index contributed by atoms with van der Waals surface area (Å²) in [7, 11) is 0. The summed E-state index contributed by atoms with van der Waals surface area (Å²) in [4.78, 5) is 12.6. The molecule has 96 valence electrons. The van der Waals surface area contributed by atoms with Crippen molar-refractivity contribution in [3.05, 3.63) is 34.2 Å². The van der Waals surface area contributed by atoms with E-state index < -0.39 is 0 Å². The van der Waals surface area contributed by atoms with Crippen LogP contribution in [0.4, 0.5) is 0 Å². The Morgan fingerprint density at radius 3 is 2.72 bits per heavy atom. The Kier molecular flexibility index (Phi) is 3.71. The lowest BCUT2D eigenvalue weighted by Gasteiger charge is -2.05. The number of carbonyl (C=O) groups excluding carboxylic acids is 1. The number of fused-ring (bicyclic) bond motifs is 1. The van der Waals surface area contributed by atoms with Crippen molar-refractivity contribution in [2.75, 3.05) is 6.61 Å². The molecule has 2 aromatic rings. The number of rotatable bonds is 3. The highest BCUT2D eigenvalue weighted by molar-refractivity contribution is 7.21. The van der Waals surface area contributed by atoms with Gasteiger partial charge in [-0.3, -0.25) is 0 Å². The molecule has 0 saturated heterocycles. The third-order valence-electron chi connectivity index (χ3n) is 3.09. The Morgan fingerprint density at radius 1 is 1.39 bits per heavy atom. The molecule has 0 radical (unpaired) electrons. The monoisotopic (exact) mass is 262 g/mol. The van der Waals surface area contributed by atoms with Gasteiger partial charge in [-0.2, -0.15) is 0 Å². The second kappa shape index (κ2) is 5.11. The number of benzene rings is 1. The minimum atomic E-state index is -0.206. The van der Waals surface area contributed by atoms with Crippen LogP contribution in [0.2, 0.25) is 0 Å². The molecule has 0 aliphatic carbocycles. The molecule has 0 unspecified atom stereocenters. The van der Waals surface area contributed by atoms with Crippen molar-refractivity contribution in [1.82, 2.24) is 0 Å². The van der Waals surface area contributed by atoms with Crippen molar-refractivity contribution in [1.29, 1.82) is 0 Å². The van der Waals surface area contributed by atoms with Gasteiger partial charge in [0.15, 0.2) is 0 Å². The average molecular weight is 262 g/mol. The molecule has 0 fully saturated rings. The molecule has 1 heterocycles. The molecule has 1 aromatic heterocycles. The van der Waals surface area contributed by atoms with Gasteiger partial charge in [-0.05, 0) is 48.4 Å². The van der Waals surface area contributed by atoms with E-state index in [1.54, 1.807) is 0 Å². The molecule has 0 saturated carbocycles. The standard InChI is InChI=1S/C15H18O2S/c1-5-17-15(16)14-10(4)12-8-11(9(2)3)6-7-13(12)18-14/h6-9H,5H2,1-4H3. The maximum Gasteiger partial charge on any atom is 0.348 e. The van der Waals surface area contributed by atoms with Gasteiger partial charge >= 0.3 is 5.97 Å². The zero-order valence-electron chi connectivity index (χ0n) is 11.2. The second-order valence-corrected chi connectivity index (χ2v) is 5.74. The van der Waals surface area contributed by atoms with Crippen LogP contribution >= 0.6 is 11.3 Å². The van der Waals surface area contributed by atoms with Crippen LogP contribution < -0.4 is 0 Å². The van der Waals surface area contributed by atoms with E-state index in [-0.39, 0.29) is 5.97 Å². The summed E-state index contributed by atoms with van der Waals surface area (Å²) in [5, 5.41) is 1.18. The Balaban J connectivity index is 2.53. The number of carbonyl (C=O) groups is 1. The predicted octanol–water partition coefficient (Wildman–Crippen LogP) is 4.51. The molecular formula is C15H18O2S. The van der Waals surface area contributed by atoms with Gasteiger partial charge < -0.3 is 4.74 Å². The third kappa shape index (κ3) is 2.27. The van der Waals surface area contributed by atoms with Gasteiger partial charge in [0, 0.05) is 4.70 Å². The average Bonchev–Trinajstić information content (AvgIpc) is 2.67. The quantitative estimate of drug-likeness (QED) is 0.761. The van der Waals surface area contributed by atoms with Crippen molar-refractivity contribution < 1.29 is 9.53 Å². The second-order valence-electron chi connectivity index (χ2n) is 4.69. The van der Waals surface area contributed by atoms with Gasteiger partial charge in [0.1, 0.15) is 4.88 Å². The molecule has 0 bridgehead atoms. The molecule has 0 aliphatic rings. The number of ether oxygens (including phenoxy) is 1. The van der Waals surface area contributed by atoms with Crippen molar-refractivity contribution in [2.45, 2.75) is 33.6 Å². The number of thiophene rings is 1. The highest BCUT2D eigenvalue weighted by Gasteiger charge is 2.16. The maximum absolute atomic E-state index is 11.8. The van der Waals surface area contributed by atoms with Crippen molar-refractivity contribution in [2.24, 2.45) is 0 Å². The van der Waals surface area contributed by atoms with E-state index in [1.165, 1.54) is 22.3 Å². The first-order chi connectivity index (χ1) is 8.54. The van der Waals surface area contributed by atoms with Gasteiger partial charge in [0.2, 0.25) is 0 Å². The normalized spacial score (nSPS) is 11.2. The minimum Gasteiger partial charge on any atom is -0.462 e. The zero-order valence-corrected chi connectivity index (χ0v) is 12.1. The lowest BCUT2D eigenvalue weighted by Crippen LogP contribution is -2.03. The zero-order chi connectivity index (χ0) is 13.3. The molecule has 0 spiro atoms. The van der Waals surface area contributed by atoms with Gasteiger partial charge in [-0.1, -0.05) is 19.9 Å². The number of hydrogen-bond donors (Lipinski definition) is 0. The van der Waals surface area contributed by atoms with Gasteiger partial charge in [-0.15, -0.1) is 11.3 Å². The topological polar surface area (TPSA) is 26.3 Å². The third-order valence-corrected chi connectivity index (χ3v) is 4.34. The Bertz CT molecular complexity index is 581. The van der Waals surface area contributed by atoms with Crippen LogP contribution in [0, 0.1) is 6.92 Å². The molecule has 2 nitrogen and oxygen atoms in total. The summed E-state index contributed by atoms with van der Waals surface area (Å²) in [6.07, 6.45) is 0. The van der Waals surface area contributed by atoms with Crippen LogP contribution in [0.5, 0.6) is 0 Å². The van der Waals surface area contributed by atoms with E-state index in [4.69, 9.17) is 4.74 Å². The summed E-state index contributed by atoms with van der Waals surface area (Å²) in [5.41, 5.74) is 2.34. The smallest absolute Gasteiger partial charge is 0.348 e. The molecule has 18 heavy (non-hydrogen) atoms. The molecule has 2 rings (SSSR count). The maximum atomic E-state index is 11.8. The minimum absolute atomic E-state index is 0.206. The lowest BCUT2D eigenvalue weighted by atomic mass is 10.0. The lowest BCUT2D eigenvalue weighted by molar-refractivity contribution is 0.0531. The predicted molar refractivity (Wildman–Crippen MR) is 76.6 cm³/mol. The van der Waals surface area contributed by atoms with Crippen molar-refractivity contribution in [3.63, 3.8) is 0 Å². The molecule has 1 aromatic carbocycles. The van der Waals surface area contributed by atoms with E-state index in [2.05, 4.69) is 32.0 Å². The Hall–Kier alpha value is -1.35. The SMILES string of the molecule is CCOC(=O)c1sc2ccc(C(C)C)cc2c1C. The fourth-order valence-electron chi connectivity index (χ4n) is 1.99. The first kappa shape index (κ1) is 13.1. The van der Waals surface area contributed by atoms with E-state index in [1.807, 2.05) is 13.8 Å². The number of hydrogen-bond acceptors (Lipinski definition) is 3. The van der Waals surface area contributed by atoms with E-state index in [9.17, 15) is 4.79 Å². The van der Waals surface area contributed by atoms with Crippen LogP contribution in [0.15, 0.2) is 18.2 Å². The van der Waals surface area contributed by atoms with Crippen LogP contribution in [0.25, 0.3) is 10.1 Å². The first-order valence-corrected chi connectivity index (χ1v) is 7.06. The van der Waals surface area contributed by atoms with Crippen LogP contribution in [-0.4, -0.2) is 12.6 Å². The van der Waals surface area contributed by atoms with E-state index in [0.29, 0.717) is 12.5 Å². The van der Waals surface area contributed by atoms with Crippen LogP contribution in [0.1, 0.15) is 47.5 Å². The molecule has 0 amide bonds. The first-order valence-electron chi connectivity index (χ1n) is 6.24. The van der Waals surface area contributed by atoms with Gasteiger partial charge in [0.05, 0.1) is 6.61 Å². The highest BCUT2D eigenvalue weighted by atomic mass is 32.1. The molecule has 0 N–H and O–H groups in total. The fourth-order valence-corrected chi connectivity index (χ4v) is 3.07. The largest absolute Gasteiger partial charge is 0.462 e. The van der Waals surface area contributed by atoms with Gasteiger partial charge in [-0.25, -0.2) is 4.79 Å². The number of aryl methyl sites for hydroxylation is 1. The van der Waals surface area contributed by atoms with Crippen LogP contribution in [-0.2, 0) is 4.74 Å². The fraction of sp³-hybridized carbons (Fsp3) is 0.400. The molecular weight excluding hydrogens is 244 g/mol. The molecule has 3 heteroatoms. The summed E-state index contributed by atoms with van der Waals surface area (Å²) in [6, 6.07) is 6.43. The van der Waals surface area contributed by atoms with E-state index >= 15 is 0 Å². The van der Waals surface area contributed by atoms with Crippen LogP contribution in [0.3, 0.4) is 0 Å².